The molecule has 3 rings (SSSR count). The highest BCUT2D eigenvalue weighted by Gasteiger charge is 2.40. The van der Waals surface area contributed by atoms with Crippen molar-refractivity contribution in [1.29, 1.82) is 0 Å². The number of esters is 1. The molecule has 0 aromatic carbocycles. The summed E-state index contributed by atoms with van der Waals surface area (Å²) in [5.74, 6) is 0.264. The van der Waals surface area contributed by atoms with E-state index in [2.05, 4.69) is 15.5 Å². The summed E-state index contributed by atoms with van der Waals surface area (Å²) in [5.41, 5.74) is 0. The second-order valence-electron chi connectivity index (χ2n) is 4.54. The van der Waals surface area contributed by atoms with Gasteiger partial charge in [-0.1, -0.05) is 11.8 Å². The van der Waals surface area contributed by atoms with Gasteiger partial charge in [0.2, 0.25) is 5.16 Å². The highest BCUT2D eigenvalue weighted by Crippen LogP contribution is 2.43. The summed E-state index contributed by atoms with van der Waals surface area (Å²) >= 11 is 1.45. The smallest absolute Gasteiger partial charge is 0.319 e. The number of tetrazole rings is 1. The Balaban J connectivity index is 1.74. The van der Waals surface area contributed by atoms with Crippen LogP contribution in [0.15, 0.2) is 5.16 Å². The van der Waals surface area contributed by atoms with E-state index in [0.29, 0.717) is 12.0 Å². The van der Waals surface area contributed by atoms with Crippen LogP contribution in [0.4, 0.5) is 0 Å². The molecule has 1 heterocycles. The van der Waals surface area contributed by atoms with Gasteiger partial charge in [-0.3, -0.25) is 4.79 Å². The third-order valence-corrected chi connectivity index (χ3v) is 4.38. The molecule has 2 saturated carbocycles. The predicted molar refractivity (Wildman–Crippen MR) is 60.5 cm³/mol. The lowest BCUT2D eigenvalue weighted by Crippen LogP contribution is -2.21. The second-order valence-corrected chi connectivity index (χ2v) is 5.64. The zero-order valence-electron chi connectivity index (χ0n) is 9.57. The molecule has 17 heavy (non-hydrogen) atoms. The van der Waals surface area contributed by atoms with Gasteiger partial charge in [0.1, 0.15) is 5.25 Å². The Kier molecular flexibility index (Phi) is 2.78. The van der Waals surface area contributed by atoms with Crippen LogP contribution in [0.2, 0.25) is 0 Å². The van der Waals surface area contributed by atoms with Crippen LogP contribution >= 0.6 is 11.8 Å². The van der Waals surface area contributed by atoms with E-state index >= 15 is 0 Å². The predicted octanol–water partition coefficient (Wildman–Crippen LogP) is 1.05. The quantitative estimate of drug-likeness (QED) is 0.578. The normalized spacial score (nSPS) is 21.2. The van der Waals surface area contributed by atoms with Gasteiger partial charge in [0.15, 0.2) is 0 Å². The lowest BCUT2D eigenvalue weighted by Gasteiger charge is -2.12. The van der Waals surface area contributed by atoms with Crippen LogP contribution in [0.25, 0.3) is 0 Å². The minimum atomic E-state index is -0.164. The number of aromatic nitrogens is 4. The van der Waals surface area contributed by atoms with E-state index in [1.807, 2.05) is 4.68 Å². The number of hydrogen-bond acceptors (Lipinski definition) is 6. The van der Waals surface area contributed by atoms with Gasteiger partial charge >= 0.3 is 5.97 Å². The van der Waals surface area contributed by atoms with Crippen LogP contribution in [-0.4, -0.2) is 38.5 Å². The van der Waals surface area contributed by atoms with Crippen molar-refractivity contribution in [1.82, 2.24) is 20.2 Å². The molecule has 0 amide bonds. The van der Waals surface area contributed by atoms with Crippen LogP contribution in [0.3, 0.4) is 0 Å². The molecule has 2 aliphatic rings. The maximum Gasteiger partial charge on any atom is 0.319 e. The van der Waals surface area contributed by atoms with Crippen LogP contribution in [0.1, 0.15) is 31.7 Å². The van der Waals surface area contributed by atoms with E-state index in [0.717, 1.165) is 30.8 Å². The Bertz CT molecular complexity index is 428. The summed E-state index contributed by atoms with van der Waals surface area (Å²) in [5, 5.41) is 12.3. The molecule has 2 fully saturated rings. The number of rotatable bonds is 5. The zero-order chi connectivity index (χ0) is 11.8. The van der Waals surface area contributed by atoms with E-state index < -0.39 is 0 Å². The molecular weight excluding hydrogens is 240 g/mol. The number of ether oxygens (including phenoxy) is 1. The lowest BCUT2D eigenvalue weighted by molar-refractivity contribution is -0.140. The third-order valence-electron chi connectivity index (χ3n) is 3.07. The van der Waals surface area contributed by atoms with Crippen molar-refractivity contribution in [2.45, 2.75) is 42.1 Å². The van der Waals surface area contributed by atoms with Crippen molar-refractivity contribution < 1.29 is 9.53 Å². The van der Waals surface area contributed by atoms with E-state index in [4.69, 9.17) is 4.74 Å². The molecule has 2 aliphatic carbocycles. The summed E-state index contributed by atoms with van der Waals surface area (Å²) in [6, 6.07) is 0.435. The number of hydrogen-bond donors (Lipinski definition) is 0. The van der Waals surface area contributed by atoms with Crippen molar-refractivity contribution in [3.63, 3.8) is 0 Å². The van der Waals surface area contributed by atoms with E-state index in [-0.39, 0.29) is 11.2 Å². The van der Waals surface area contributed by atoms with Gasteiger partial charge in [0, 0.05) is 0 Å². The fourth-order valence-electron chi connectivity index (χ4n) is 1.78. The summed E-state index contributed by atoms with van der Waals surface area (Å²) in [6.45, 7) is 0. The standard InChI is InChI=1S/C10H14N4O2S/c1-16-9(15)8(6-2-3-6)17-10-11-12-13-14(10)7-4-5-7/h6-8H,2-5H2,1H3. The molecule has 1 unspecified atom stereocenters. The number of methoxy groups -OCH3 is 1. The lowest BCUT2D eigenvalue weighted by atomic mass is 10.3. The van der Waals surface area contributed by atoms with Gasteiger partial charge in [0.05, 0.1) is 13.2 Å². The van der Waals surface area contributed by atoms with Gasteiger partial charge in [-0.05, 0) is 42.0 Å². The van der Waals surface area contributed by atoms with Crippen LogP contribution in [-0.2, 0) is 9.53 Å². The molecular formula is C10H14N4O2S. The van der Waals surface area contributed by atoms with Crippen LogP contribution in [0, 0.1) is 5.92 Å². The monoisotopic (exact) mass is 254 g/mol. The van der Waals surface area contributed by atoms with Crippen LogP contribution in [0.5, 0.6) is 0 Å². The molecule has 0 radical (unpaired) electrons. The van der Waals surface area contributed by atoms with Gasteiger partial charge in [-0.2, -0.15) is 0 Å². The maximum absolute atomic E-state index is 11.7. The molecule has 1 aromatic rings. The summed E-state index contributed by atoms with van der Waals surface area (Å²) in [4.78, 5) is 11.7. The van der Waals surface area contributed by atoms with Gasteiger partial charge < -0.3 is 4.74 Å². The fourth-order valence-corrected chi connectivity index (χ4v) is 3.04. The molecule has 0 saturated heterocycles. The van der Waals surface area contributed by atoms with Gasteiger partial charge in [0.25, 0.3) is 0 Å². The molecule has 1 atom stereocenters. The minimum Gasteiger partial charge on any atom is -0.468 e. The van der Waals surface area contributed by atoms with Crippen molar-refractivity contribution >= 4 is 17.7 Å². The van der Waals surface area contributed by atoms with Crippen molar-refractivity contribution in [3.05, 3.63) is 0 Å². The van der Waals surface area contributed by atoms with Crippen LogP contribution < -0.4 is 0 Å². The first-order valence-electron chi connectivity index (χ1n) is 5.82. The number of nitrogens with zero attached hydrogens (tertiary/aromatic N) is 4. The Morgan fingerprint density at radius 1 is 1.47 bits per heavy atom. The number of carbonyl (C=O) groups excluding carboxylic acids is 1. The Hall–Kier alpha value is -1.11. The number of carbonyl (C=O) groups is 1. The largest absolute Gasteiger partial charge is 0.468 e. The Labute approximate surface area is 103 Å². The third kappa shape index (κ3) is 2.29. The van der Waals surface area contributed by atoms with Crippen molar-refractivity contribution in [2.75, 3.05) is 7.11 Å². The molecule has 0 aliphatic heterocycles. The SMILES string of the molecule is COC(=O)C(Sc1nnnn1C1CC1)C1CC1. The van der Waals surface area contributed by atoms with Crippen molar-refractivity contribution in [2.24, 2.45) is 5.92 Å². The maximum atomic E-state index is 11.7. The fraction of sp³-hybridized carbons (Fsp3) is 0.800. The number of thioether (sulfide) groups is 1. The molecule has 0 spiro atoms. The molecule has 7 heteroatoms. The first-order chi connectivity index (χ1) is 8.29. The van der Waals surface area contributed by atoms with Gasteiger partial charge in [-0.15, -0.1) is 5.10 Å². The first kappa shape index (κ1) is 11.0. The summed E-state index contributed by atoms with van der Waals surface area (Å²) in [6.07, 6.45) is 4.45. The Morgan fingerprint density at radius 2 is 2.24 bits per heavy atom. The molecule has 1 aromatic heterocycles. The van der Waals surface area contributed by atoms with E-state index in [1.54, 1.807) is 0 Å². The average Bonchev–Trinajstić information content (AvgIpc) is 3.25. The van der Waals surface area contributed by atoms with Gasteiger partial charge in [-0.25, -0.2) is 4.68 Å². The molecule has 6 nitrogen and oxygen atoms in total. The first-order valence-corrected chi connectivity index (χ1v) is 6.70. The highest BCUT2D eigenvalue weighted by molar-refractivity contribution is 8.00. The second kappa shape index (κ2) is 4.29. The molecule has 0 N–H and O–H groups in total. The molecule has 92 valence electrons. The van der Waals surface area contributed by atoms with Crippen molar-refractivity contribution in [3.8, 4) is 0 Å². The molecule has 0 bridgehead atoms. The van der Waals surface area contributed by atoms with E-state index in [9.17, 15) is 4.79 Å². The minimum absolute atomic E-state index is 0.150. The average molecular weight is 254 g/mol. The highest BCUT2D eigenvalue weighted by atomic mass is 32.2. The summed E-state index contributed by atoms with van der Waals surface area (Å²) in [7, 11) is 1.43. The zero-order valence-corrected chi connectivity index (χ0v) is 10.4. The van der Waals surface area contributed by atoms with E-state index in [1.165, 1.54) is 18.9 Å². The topological polar surface area (TPSA) is 69.9 Å². The Morgan fingerprint density at radius 3 is 2.82 bits per heavy atom. The summed E-state index contributed by atoms with van der Waals surface area (Å²) < 4.78 is 6.68.